The molecule has 0 aliphatic heterocycles. The van der Waals surface area contributed by atoms with E-state index in [-0.39, 0.29) is 5.82 Å². The fourth-order valence-corrected chi connectivity index (χ4v) is 1.72. The Morgan fingerprint density at radius 2 is 2.29 bits per heavy atom. The Labute approximate surface area is 97.9 Å². The lowest BCUT2D eigenvalue weighted by molar-refractivity contribution is 0.0520. The normalized spacial score (nSPS) is 10.5. The maximum Gasteiger partial charge on any atom is 0.354 e. The van der Waals surface area contributed by atoms with Gasteiger partial charge in [0.15, 0.2) is 0 Å². The lowest BCUT2D eigenvalue weighted by Crippen LogP contribution is -2.04. The van der Waals surface area contributed by atoms with Crippen LogP contribution >= 0.6 is 0 Å². The van der Waals surface area contributed by atoms with Gasteiger partial charge in [-0.1, -0.05) is 12.7 Å². The maximum atomic E-state index is 13.3. The highest BCUT2D eigenvalue weighted by atomic mass is 19.1. The van der Waals surface area contributed by atoms with Crippen LogP contribution in [0, 0.1) is 5.82 Å². The van der Waals surface area contributed by atoms with Gasteiger partial charge < -0.3 is 9.72 Å². The number of aromatic amines is 1. The highest BCUT2D eigenvalue weighted by Crippen LogP contribution is 2.23. The van der Waals surface area contributed by atoms with Crippen molar-refractivity contribution in [3.05, 3.63) is 41.9 Å². The maximum absolute atomic E-state index is 13.3. The van der Waals surface area contributed by atoms with Crippen molar-refractivity contribution in [3.63, 3.8) is 0 Å². The number of fused-ring (bicyclic) bond motifs is 1. The third-order valence-corrected chi connectivity index (χ3v) is 2.45. The Morgan fingerprint density at radius 1 is 1.53 bits per heavy atom. The number of ether oxygens (including phenoxy) is 1. The zero-order valence-electron chi connectivity index (χ0n) is 9.42. The first-order chi connectivity index (χ1) is 8.15. The molecule has 0 radical (unpaired) electrons. The lowest BCUT2D eigenvalue weighted by Gasteiger charge is -1.96. The van der Waals surface area contributed by atoms with Crippen LogP contribution in [0.2, 0.25) is 0 Å². The number of rotatable bonds is 3. The molecular formula is C13H12FNO2. The Kier molecular flexibility index (Phi) is 2.95. The first-order valence-corrected chi connectivity index (χ1v) is 5.27. The Hall–Kier alpha value is -2.10. The summed E-state index contributed by atoms with van der Waals surface area (Å²) in [6.07, 6.45) is 1.55. The first-order valence-electron chi connectivity index (χ1n) is 5.27. The van der Waals surface area contributed by atoms with Crippen LogP contribution in [0.4, 0.5) is 4.39 Å². The van der Waals surface area contributed by atoms with E-state index in [1.54, 1.807) is 19.1 Å². The first kappa shape index (κ1) is 11.4. The number of nitrogens with one attached hydrogen (secondary N) is 1. The standard InChI is InChI=1S/C13H12FNO2/c1-3-8-5-9(14)6-11-10(8)7-12(15-11)13(16)17-4-2/h3,5-7,15H,1,4H2,2H3. The molecule has 1 aromatic heterocycles. The molecule has 0 unspecified atom stereocenters. The predicted octanol–water partition coefficient (Wildman–Crippen LogP) is 3.13. The highest BCUT2D eigenvalue weighted by Gasteiger charge is 2.12. The molecule has 2 rings (SSSR count). The van der Waals surface area contributed by atoms with Crippen LogP contribution in [0.1, 0.15) is 23.0 Å². The van der Waals surface area contributed by atoms with Gasteiger partial charge in [0, 0.05) is 10.9 Å². The van der Waals surface area contributed by atoms with Crippen LogP contribution in [-0.2, 0) is 4.74 Å². The Bertz CT molecular complexity index is 586. The summed E-state index contributed by atoms with van der Waals surface area (Å²) < 4.78 is 18.1. The highest BCUT2D eigenvalue weighted by molar-refractivity contribution is 5.97. The summed E-state index contributed by atoms with van der Waals surface area (Å²) in [7, 11) is 0. The van der Waals surface area contributed by atoms with Crippen molar-refractivity contribution >= 4 is 22.9 Å². The van der Waals surface area contributed by atoms with Gasteiger partial charge in [-0.15, -0.1) is 0 Å². The van der Waals surface area contributed by atoms with Crippen molar-refractivity contribution in [3.8, 4) is 0 Å². The summed E-state index contributed by atoms with van der Waals surface area (Å²) in [5.74, 6) is -0.816. The smallest absolute Gasteiger partial charge is 0.354 e. The fraction of sp³-hybridized carbons (Fsp3) is 0.154. The van der Waals surface area contributed by atoms with Crippen molar-refractivity contribution in [1.82, 2.24) is 4.98 Å². The molecule has 0 bridgehead atoms. The summed E-state index contributed by atoms with van der Waals surface area (Å²) in [6, 6.07) is 4.35. The van der Waals surface area contributed by atoms with Crippen LogP contribution in [0.15, 0.2) is 24.8 Å². The third-order valence-electron chi connectivity index (χ3n) is 2.45. The van der Waals surface area contributed by atoms with Crippen molar-refractivity contribution in [2.24, 2.45) is 0 Å². The van der Waals surface area contributed by atoms with Crippen LogP contribution in [0.3, 0.4) is 0 Å². The fourth-order valence-electron chi connectivity index (χ4n) is 1.72. The molecule has 3 nitrogen and oxygen atoms in total. The number of esters is 1. The van der Waals surface area contributed by atoms with Crippen LogP contribution in [-0.4, -0.2) is 17.6 Å². The van der Waals surface area contributed by atoms with E-state index < -0.39 is 5.97 Å². The van der Waals surface area contributed by atoms with Crippen LogP contribution in [0.25, 0.3) is 17.0 Å². The molecule has 1 N–H and O–H groups in total. The molecule has 1 aromatic carbocycles. The van der Waals surface area contributed by atoms with Crippen molar-refractivity contribution in [2.75, 3.05) is 6.61 Å². The summed E-state index contributed by atoms with van der Waals surface area (Å²) in [4.78, 5) is 14.4. The molecule has 1 heterocycles. The van der Waals surface area contributed by atoms with E-state index in [2.05, 4.69) is 11.6 Å². The summed E-state index contributed by atoms with van der Waals surface area (Å²) in [5.41, 5.74) is 1.52. The van der Waals surface area contributed by atoms with E-state index >= 15 is 0 Å². The molecule has 0 fully saturated rings. The van der Waals surface area contributed by atoms with Crippen LogP contribution < -0.4 is 0 Å². The molecule has 2 aromatic rings. The third kappa shape index (κ3) is 2.06. The number of aromatic nitrogens is 1. The summed E-state index contributed by atoms with van der Waals surface area (Å²) >= 11 is 0. The minimum Gasteiger partial charge on any atom is -0.461 e. The lowest BCUT2D eigenvalue weighted by atomic mass is 10.1. The predicted molar refractivity (Wildman–Crippen MR) is 64.3 cm³/mol. The molecule has 4 heteroatoms. The molecule has 0 saturated carbocycles. The average Bonchev–Trinajstić information content (AvgIpc) is 2.71. The molecule has 0 aliphatic carbocycles. The molecule has 0 spiro atoms. The second-order valence-electron chi connectivity index (χ2n) is 3.56. The van der Waals surface area contributed by atoms with E-state index in [0.29, 0.717) is 23.4 Å². The Balaban J connectivity index is 2.56. The SMILES string of the molecule is C=Cc1cc(F)cc2[nH]c(C(=O)OCC)cc12. The quantitative estimate of drug-likeness (QED) is 0.827. The van der Waals surface area contributed by atoms with E-state index in [4.69, 9.17) is 4.74 Å². The van der Waals surface area contributed by atoms with Crippen LogP contribution in [0.5, 0.6) is 0 Å². The minimum atomic E-state index is -0.445. The van der Waals surface area contributed by atoms with Gasteiger partial charge in [0.25, 0.3) is 0 Å². The molecule has 17 heavy (non-hydrogen) atoms. The minimum absolute atomic E-state index is 0.302. The molecule has 0 amide bonds. The second kappa shape index (κ2) is 4.41. The molecule has 0 atom stereocenters. The van der Waals surface area contributed by atoms with Gasteiger partial charge in [-0.05, 0) is 30.7 Å². The number of hydrogen-bond acceptors (Lipinski definition) is 2. The number of H-pyrrole nitrogens is 1. The van der Waals surface area contributed by atoms with Crippen molar-refractivity contribution in [1.29, 1.82) is 0 Å². The molecule has 88 valence electrons. The van der Waals surface area contributed by atoms with Gasteiger partial charge in [-0.3, -0.25) is 0 Å². The summed E-state index contributed by atoms with van der Waals surface area (Å²) in [6.45, 7) is 5.65. The second-order valence-corrected chi connectivity index (χ2v) is 3.56. The monoisotopic (exact) mass is 233 g/mol. The molecule has 0 saturated heterocycles. The van der Waals surface area contributed by atoms with Gasteiger partial charge in [0.2, 0.25) is 0 Å². The van der Waals surface area contributed by atoms with Crippen molar-refractivity contribution < 1.29 is 13.9 Å². The zero-order chi connectivity index (χ0) is 12.4. The van der Waals surface area contributed by atoms with Gasteiger partial charge in [0.1, 0.15) is 11.5 Å². The number of carbonyl (C=O) groups excluding carboxylic acids is 1. The van der Waals surface area contributed by atoms with E-state index in [9.17, 15) is 9.18 Å². The summed E-state index contributed by atoms with van der Waals surface area (Å²) in [5, 5.41) is 0.754. The van der Waals surface area contributed by atoms with Gasteiger partial charge in [-0.2, -0.15) is 0 Å². The van der Waals surface area contributed by atoms with E-state index in [0.717, 1.165) is 5.39 Å². The van der Waals surface area contributed by atoms with E-state index in [1.807, 2.05) is 0 Å². The van der Waals surface area contributed by atoms with Gasteiger partial charge >= 0.3 is 5.97 Å². The molecule has 0 aliphatic rings. The number of carbonyl (C=O) groups is 1. The van der Waals surface area contributed by atoms with E-state index in [1.165, 1.54) is 12.1 Å². The number of hydrogen-bond donors (Lipinski definition) is 1. The van der Waals surface area contributed by atoms with Gasteiger partial charge in [0.05, 0.1) is 6.61 Å². The average molecular weight is 233 g/mol. The molecular weight excluding hydrogens is 221 g/mol. The topological polar surface area (TPSA) is 42.1 Å². The van der Waals surface area contributed by atoms with Gasteiger partial charge in [-0.25, -0.2) is 9.18 Å². The van der Waals surface area contributed by atoms with Crippen molar-refractivity contribution in [2.45, 2.75) is 6.92 Å². The zero-order valence-corrected chi connectivity index (χ0v) is 9.42. The Morgan fingerprint density at radius 3 is 2.94 bits per heavy atom. The largest absolute Gasteiger partial charge is 0.461 e. The number of benzene rings is 1. The number of halogens is 1.